The maximum absolute atomic E-state index is 12.8. The molecule has 8 heteroatoms. The second-order valence-corrected chi connectivity index (χ2v) is 11.4. The van der Waals surface area contributed by atoms with Gasteiger partial charge in [0.2, 0.25) is 15.9 Å². The van der Waals surface area contributed by atoms with Crippen LogP contribution in [-0.2, 0) is 14.8 Å². The van der Waals surface area contributed by atoms with E-state index in [9.17, 15) is 13.2 Å². The number of benzene rings is 2. The minimum Gasteiger partial charge on any atom is -0.491 e. The van der Waals surface area contributed by atoms with Gasteiger partial charge in [-0.25, -0.2) is 8.42 Å². The first-order valence-electron chi connectivity index (χ1n) is 11.9. The molecule has 2 atom stereocenters. The van der Waals surface area contributed by atoms with Crippen molar-refractivity contribution in [2.75, 3.05) is 35.1 Å². The van der Waals surface area contributed by atoms with E-state index in [0.29, 0.717) is 17.4 Å². The second kappa shape index (κ2) is 11.1. The van der Waals surface area contributed by atoms with Crippen molar-refractivity contribution < 1.29 is 17.9 Å². The Hall–Kier alpha value is -2.74. The van der Waals surface area contributed by atoms with Crippen molar-refractivity contribution >= 4 is 27.3 Å². The lowest BCUT2D eigenvalue weighted by Gasteiger charge is -2.33. The zero-order valence-electron chi connectivity index (χ0n) is 20.8. The first-order valence-corrected chi connectivity index (χ1v) is 13.8. The fourth-order valence-electron chi connectivity index (χ4n) is 4.26. The van der Waals surface area contributed by atoms with Crippen molar-refractivity contribution in [2.45, 2.75) is 52.7 Å². The van der Waals surface area contributed by atoms with E-state index in [2.05, 4.69) is 29.3 Å². The predicted molar refractivity (Wildman–Crippen MR) is 138 cm³/mol. The maximum atomic E-state index is 12.8. The van der Waals surface area contributed by atoms with Crippen molar-refractivity contribution in [3.63, 3.8) is 0 Å². The molecule has 1 fully saturated rings. The number of hydrogen-bond donors (Lipinski definition) is 1. The topological polar surface area (TPSA) is 79.0 Å². The minimum atomic E-state index is -3.65. The number of nitrogens with zero attached hydrogens (tertiary/aromatic N) is 2. The molecule has 1 heterocycles. The van der Waals surface area contributed by atoms with E-state index in [1.807, 2.05) is 32.9 Å². The third-order valence-corrected chi connectivity index (χ3v) is 7.12. The number of hydrogen-bond acceptors (Lipinski definition) is 5. The Morgan fingerprint density at radius 3 is 2.32 bits per heavy atom. The zero-order valence-corrected chi connectivity index (χ0v) is 21.6. The third kappa shape index (κ3) is 7.13. The van der Waals surface area contributed by atoms with Gasteiger partial charge in [-0.15, -0.1) is 0 Å². The molecule has 2 aromatic rings. The van der Waals surface area contributed by atoms with Crippen molar-refractivity contribution in [3.8, 4) is 5.75 Å². The molecule has 0 saturated carbocycles. The molecule has 2 unspecified atom stereocenters. The van der Waals surface area contributed by atoms with E-state index in [4.69, 9.17) is 4.74 Å². The largest absolute Gasteiger partial charge is 0.491 e. The van der Waals surface area contributed by atoms with Gasteiger partial charge < -0.3 is 15.0 Å². The number of ether oxygens (including phenoxy) is 1. The Labute approximate surface area is 204 Å². The van der Waals surface area contributed by atoms with Crippen LogP contribution in [-0.4, -0.2) is 46.3 Å². The summed E-state index contributed by atoms with van der Waals surface area (Å²) >= 11 is 0. The molecule has 1 aliphatic heterocycles. The van der Waals surface area contributed by atoms with E-state index in [1.165, 1.54) is 18.5 Å². The summed E-state index contributed by atoms with van der Waals surface area (Å²) < 4.78 is 31.5. The van der Waals surface area contributed by atoms with Crippen molar-refractivity contribution in [1.29, 1.82) is 0 Å². The van der Waals surface area contributed by atoms with Crippen LogP contribution in [0.5, 0.6) is 5.75 Å². The van der Waals surface area contributed by atoms with Gasteiger partial charge in [0.15, 0.2) is 0 Å². The molecule has 1 N–H and O–H groups in total. The summed E-state index contributed by atoms with van der Waals surface area (Å²) in [6, 6.07) is 14.7. The molecular weight excluding hydrogens is 450 g/mol. The summed E-state index contributed by atoms with van der Waals surface area (Å²) in [5, 5.41) is 2.93. The maximum Gasteiger partial charge on any atom is 0.241 e. The average molecular weight is 488 g/mol. The number of rotatable bonds is 9. The van der Waals surface area contributed by atoms with E-state index < -0.39 is 10.0 Å². The van der Waals surface area contributed by atoms with Crippen LogP contribution >= 0.6 is 0 Å². The third-order valence-electron chi connectivity index (χ3n) is 5.98. The monoisotopic (exact) mass is 487 g/mol. The Balaban J connectivity index is 1.63. The van der Waals surface area contributed by atoms with Crippen molar-refractivity contribution in [3.05, 3.63) is 54.1 Å². The van der Waals surface area contributed by atoms with Crippen LogP contribution in [0.1, 0.15) is 52.1 Å². The smallest absolute Gasteiger partial charge is 0.241 e. The summed E-state index contributed by atoms with van der Waals surface area (Å²) in [6.07, 6.45) is 3.60. The van der Waals surface area contributed by atoms with E-state index >= 15 is 0 Å². The van der Waals surface area contributed by atoms with Crippen LogP contribution < -0.4 is 19.3 Å². The summed E-state index contributed by atoms with van der Waals surface area (Å²) in [7, 11) is -3.65. The highest BCUT2D eigenvalue weighted by Crippen LogP contribution is 2.25. The molecule has 186 valence electrons. The van der Waals surface area contributed by atoms with Crippen LogP contribution in [0.25, 0.3) is 0 Å². The van der Waals surface area contributed by atoms with Gasteiger partial charge in [-0.05, 0) is 81.5 Å². The molecule has 0 aliphatic carbocycles. The first kappa shape index (κ1) is 25.9. The van der Waals surface area contributed by atoms with Gasteiger partial charge in [0.05, 0.1) is 24.1 Å². The summed E-state index contributed by atoms with van der Waals surface area (Å²) in [5.74, 6) is 0.977. The fourth-order valence-corrected chi connectivity index (χ4v) is 5.12. The van der Waals surface area contributed by atoms with Gasteiger partial charge in [-0.3, -0.25) is 9.10 Å². The van der Waals surface area contributed by atoms with Crippen LogP contribution in [0, 0.1) is 5.92 Å². The number of anilines is 2. The first-order chi connectivity index (χ1) is 16.0. The number of amides is 1. The van der Waals surface area contributed by atoms with Gasteiger partial charge in [0, 0.05) is 18.8 Å². The van der Waals surface area contributed by atoms with Gasteiger partial charge in [0.1, 0.15) is 12.3 Å². The zero-order chi connectivity index (χ0) is 24.9. The highest BCUT2D eigenvalue weighted by Gasteiger charge is 2.22. The Morgan fingerprint density at radius 2 is 1.76 bits per heavy atom. The normalized spacial score (nSPS) is 17.4. The SMILES string of the molecule is CC1CCCN(c2ccc(C(C)NC(=O)CN(c3ccc(OC(C)C)cc3)S(C)(=O)=O)cc2)C1. The molecule has 7 nitrogen and oxygen atoms in total. The number of piperidine rings is 1. The molecule has 0 aromatic heterocycles. The van der Waals surface area contributed by atoms with Crippen LogP contribution in [0.2, 0.25) is 0 Å². The van der Waals surface area contributed by atoms with Crippen molar-refractivity contribution in [1.82, 2.24) is 5.32 Å². The Bertz CT molecular complexity index is 1050. The van der Waals surface area contributed by atoms with E-state index in [1.54, 1.807) is 24.3 Å². The van der Waals surface area contributed by atoms with E-state index in [0.717, 1.165) is 29.2 Å². The number of carbonyl (C=O) groups is 1. The molecule has 1 saturated heterocycles. The molecule has 34 heavy (non-hydrogen) atoms. The van der Waals surface area contributed by atoms with Gasteiger partial charge in [-0.1, -0.05) is 19.1 Å². The molecule has 0 bridgehead atoms. The van der Waals surface area contributed by atoms with E-state index in [-0.39, 0.29) is 24.6 Å². The van der Waals surface area contributed by atoms with Crippen LogP contribution in [0.15, 0.2) is 48.5 Å². The lowest BCUT2D eigenvalue weighted by Crippen LogP contribution is -2.41. The average Bonchev–Trinajstić information content (AvgIpc) is 2.77. The highest BCUT2D eigenvalue weighted by molar-refractivity contribution is 7.92. The molecule has 0 radical (unpaired) electrons. The predicted octanol–water partition coefficient (Wildman–Crippen LogP) is 4.35. The second-order valence-electron chi connectivity index (χ2n) is 9.50. The van der Waals surface area contributed by atoms with Crippen molar-refractivity contribution in [2.24, 2.45) is 5.92 Å². The van der Waals surface area contributed by atoms with Crippen LogP contribution in [0.3, 0.4) is 0 Å². The summed E-state index contributed by atoms with van der Waals surface area (Å²) in [5.41, 5.74) is 2.59. The fraction of sp³-hybridized carbons (Fsp3) is 0.500. The molecule has 3 rings (SSSR count). The quantitative estimate of drug-likeness (QED) is 0.569. The number of nitrogens with one attached hydrogen (secondary N) is 1. The summed E-state index contributed by atoms with van der Waals surface area (Å²) in [6.45, 7) is 9.87. The van der Waals surface area contributed by atoms with Crippen LogP contribution in [0.4, 0.5) is 11.4 Å². The molecule has 1 aliphatic rings. The summed E-state index contributed by atoms with van der Waals surface area (Å²) in [4.78, 5) is 15.2. The molecule has 1 amide bonds. The van der Waals surface area contributed by atoms with Gasteiger partial charge >= 0.3 is 0 Å². The lowest BCUT2D eigenvalue weighted by atomic mass is 9.99. The molecule has 0 spiro atoms. The molecule has 2 aromatic carbocycles. The standard InChI is InChI=1S/C26H37N3O4S/c1-19(2)33-25-14-12-24(13-15-25)29(34(5,31)32)18-26(30)27-21(4)22-8-10-23(11-9-22)28-16-6-7-20(3)17-28/h8-15,19-21H,6-7,16-18H2,1-5H3,(H,27,30). The number of sulfonamides is 1. The Morgan fingerprint density at radius 1 is 1.12 bits per heavy atom. The lowest BCUT2D eigenvalue weighted by molar-refractivity contribution is -0.120. The number of carbonyl (C=O) groups excluding carboxylic acids is 1. The Kier molecular flexibility index (Phi) is 8.47. The molecular formula is C26H37N3O4S. The highest BCUT2D eigenvalue weighted by atomic mass is 32.2. The minimum absolute atomic E-state index is 0.0154. The van der Waals surface area contributed by atoms with Gasteiger partial charge in [-0.2, -0.15) is 0 Å². The van der Waals surface area contributed by atoms with Gasteiger partial charge in [0.25, 0.3) is 0 Å².